The standard InChI is InChI=1S/C18H28N2O6/c1-4-5-6-7-12(20(24)25)14(21)15(22)19-16(23)26-13-10-11-8-9-18(13,19)17(11,2)3/h11-14,21H,4-10H2,1-3H3/t11-,12-,13-,14-,18-/m1/s1. The summed E-state index contributed by atoms with van der Waals surface area (Å²) in [4.78, 5) is 37.3. The summed E-state index contributed by atoms with van der Waals surface area (Å²) < 4.78 is 5.45. The molecule has 1 spiro atoms. The van der Waals surface area contributed by atoms with Crippen molar-refractivity contribution in [2.45, 2.75) is 89.5 Å². The molecular weight excluding hydrogens is 340 g/mol. The van der Waals surface area contributed by atoms with E-state index in [-0.39, 0.29) is 17.9 Å². The molecule has 1 saturated heterocycles. The molecule has 26 heavy (non-hydrogen) atoms. The minimum absolute atomic E-state index is 0.110. The van der Waals surface area contributed by atoms with E-state index in [0.29, 0.717) is 25.2 Å². The lowest BCUT2D eigenvalue weighted by atomic mass is 9.74. The molecule has 1 heterocycles. The number of carbonyl (C=O) groups excluding carboxylic acids is 2. The van der Waals surface area contributed by atoms with Gasteiger partial charge < -0.3 is 9.84 Å². The molecule has 2 amide bonds. The smallest absolute Gasteiger partial charge is 0.417 e. The second-order valence-corrected chi connectivity index (χ2v) is 8.46. The Bertz CT molecular complexity index is 621. The van der Waals surface area contributed by atoms with Crippen LogP contribution in [-0.2, 0) is 9.53 Å². The van der Waals surface area contributed by atoms with Gasteiger partial charge in [0, 0.05) is 11.3 Å². The van der Waals surface area contributed by atoms with Gasteiger partial charge in [0.05, 0.1) is 5.54 Å². The van der Waals surface area contributed by atoms with E-state index in [4.69, 9.17) is 4.74 Å². The molecule has 3 fully saturated rings. The molecule has 1 aliphatic heterocycles. The van der Waals surface area contributed by atoms with Gasteiger partial charge in [-0.1, -0.05) is 33.6 Å². The van der Waals surface area contributed by atoms with E-state index in [2.05, 4.69) is 0 Å². The van der Waals surface area contributed by atoms with Crippen molar-refractivity contribution in [3.63, 3.8) is 0 Å². The molecule has 0 unspecified atom stereocenters. The number of nitro groups is 1. The van der Waals surface area contributed by atoms with Crippen molar-refractivity contribution in [3.05, 3.63) is 10.1 Å². The number of amides is 2. The highest BCUT2D eigenvalue weighted by Gasteiger charge is 2.74. The molecule has 0 radical (unpaired) electrons. The van der Waals surface area contributed by atoms with Crippen molar-refractivity contribution < 1.29 is 24.4 Å². The monoisotopic (exact) mass is 368 g/mol. The molecule has 5 atom stereocenters. The van der Waals surface area contributed by atoms with E-state index < -0.39 is 34.6 Å². The summed E-state index contributed by atoms with van der Waals surface area (Å²) in [5.41, 5.74) is -1.12. The van der Waals surface area contributed by atoms with Crippen molar-refractivity contribution in [1.29, 1.82) is 0 Å². The number of hydrogen-bond donors (Lipinski definition) is 1. The zero-order valence-corrected chi connectivity index (χ0v) is 15.6. The topological polar surface area (TPSA) is 110 Å². The molecule has 0 aromatic rings. The van der Waals surface area contributed by atoms with Crippen LogP contribution in [0.25, 0.3) is 0 Å². The van der Waals surface area contributed by atoms with Crippen LogP contribution in [0.4, 0.5) is 4.79 Å². The van der Waals surface area contributed by atoms with Crippen LogP contribution in [-0.4, -0.2) is 50.7 Å². The van der Waals surface area contributed by atoms with Gasteiger partial charge in [-0.25, -0.2) is 9.69 Å². The fourth-order valence-corrected chi connectivity index (χ4v) is 5.46. The van der Waals surface area contributed by atoms with Crippen molar-refractivity contribution in [3.8, 4) is 0 Å². The first-order valence-corrected chi connectivity index (χ1v) is 9.54. The van der Waals surface area contributed by atoms with Crippen LogP contribution in [0.3, 0.4) is 0 Å². The molecule has 0 aromatic heterocycles. The molecule has 2 bridgehead atoms. The number of imide groups is 1. The van der Waals surface area contributed by atoms with Crippen LogP contribution in [0.15, 0.2) is 0 Å². The van der Waals surface area contributed by atoms with Crippen LogP contribution >= 0.6 is 0 Å². The highest BCUT2D eigenvalue weighted by atomic mass is 16.6. The minimum Gasteiger partial charge on any atom is -0.443 e. The second kappa shape index (κ2) is 6.48. The first-order chi connectivity index (χ1) is 12.2. The van der Waals surface area contributed by atoms with Gasteiger partial charge in [0.1, 0.15) is 6.10 Å². The number of unbranched alkanes of at least 4 members (excludes halogenated alkanes) is 2. The SMILES string of the molecule is CCCCC[C@H]([C@@H](O)C(=O)N1C(=O)O[C@@H]2C[C@H]3CC[C@]21C3(C)C)[N+](=O)[O-]. The Morgan fingerprint density at radius 3 is 2.73 bits per heavy atom. The molecule has 1 N–H and O–H groups in total. The van der Waals surface area contributed by atoms with Gasteiger partial charge in [-0.3, -0.25) is 14.9 Å². The fraction of sp³-hybridized carbons (Fsp3) is 0.889. The number of ether oxygens (including phenoxy) is 1. The summed E-state index contributed by atoms with van der Waals surface area (Å²) >= 11 is 0. The predicted octanol–water partition coefficient (Wildman–Crippen LogP) is 2.50. The van der Waals surface area contributed by atoms with Gasteiger partial charge in [0.2, 0.25) is 12.1 Å². The van der Waals surface area contributed by atoms with Crippen molar-refractivity contribution >= 4 is 12.0 Å². The van der Waals surface area contributed by atoms with Crippen molar-refractivity contribution in [1.82, 2.24) is 4.90 Å². The van der Waals surface area contributed by atoms with E-state index in [1.807, 2.05) is 20.8 Å². The Balaban J connectivity index is 1.86. The number of aliphatic hydroxyl groups is 1. The molecule has 3 rings (SSSR count). The van der Waals surface area contributed by atoms with E-state index in [1.54, 1.807) is 0 Å². The quantitative estimate of drug-likeness (QED) is 0.420. The Kier molecular flexibility index (Phi) is 4.75. The Morgan fingerprint density at radius 2 is 2.15 bits per heavy atom. The average Bonchev–Trinajstić information content (AvgIpc) is 3.09. The molecule has 2 aliphatic carbocycles. The normalized spacial score (nSPS) is 33.7. The highest BCUT2D eigenvalue weighted by molar-refractivity contribution is 5.97. The largest absolute Gasteiger partial charge is 0.443 e. The maximum absolute atomic E-state index is 13.0. The molecule has 146 valence electrons. The molecule has 3 aliphatic rings. The first-order valence-electron chi connectivity index (χ1n) is 9.54. The Labute approximate surface area is 153 Å². The van der Waals surface area contributed by atoms with E-state index in [0.717, 1.165) is 24.2 Å². The van der Waals surface area contributed by atoms with E-state index in [1.165, 1.54) is 0 Å². The number of aliphatic hydroxyl groups excluding tert-OH is 1. The minimum atomic E-state index is -1.84. The molecule has 2 saturated carbocycles. The van der Waals surface area contributed by atoms with Crippen molar-refractivity contribution in [2.24, 2.45) is 11.3 Å². The zero-order valence-electron chi connectivity index (χ0n) is 15.6. The lowest BCUT2D eigenvalue weighted by molar-refractivity contribution is -0.532. The third-order valence-corrected chi connectivity index (χ3v) is 7.08. The van der Waals surface area contributed by atoms with Crippen LogP contribution < -0.4 is 0 Å². The third-order valence-electron chi connectivity index (χ3n) is 7.08. The summed E-state index contributed by atoms with van der Waals surface area (Å²) in [6.07, 6.45) is 1.55. The van der Waals surface area contributed by atoms with Gasteiger partial charge in [0.25, 0.3) is 5.91 Å². The fourth-order valence-electron chi connectivity index (χ4n) is 5.46. The second-order valence-electron chi connectivity index (χ2n) is 8.46. The van der Waals surface area contributed by atoms with E-state index >= 15 is 0 Å². The molecule has 8 heteroatoms. The summed E-state index contributed by atoms with van der Waals surface area (Å²) in [5.74, 6) is -0.546. The summed E-state index contributed by atoms with van der Waals surface area (Å²) in [6.45, 7) is 6.01. The molecule has 0 aromatic carbocycles. The lowest BCUT2D eigenvalue weighted by Gasteiger charge is -2.41. The summed E-state index contributed by atoms with van der Waals surface area (Å²) in [7, 11) is 0. The maximum Gasteiger partial charge on any atom is 0.417 e. The third kappa shape index (κ3) is 2.45. The van der Waals surface area contributed by atoms with Crippen LogP contribution in [0.2, 0.25) is 0 Å². The van der Waals surface area contributed by atoms with Crippen LogP contribution in [0, 0.1) is 21.4 Å². The maximum atomic E-state index is 13.0. The molecule has 8 nitrogen and oxygen atoms in total. The predicted molar refractivity (Wildman–Crippen MR) is 91.9 cm³/mol. The number of carbonyl (C=O) groups is 2. The number of nitrogens with zero attached hydrogens (tertiary/aromatic N) is 2. The zero-order chi connectivity index (χ0) is 19.3. The Hall–Kier alpha value is -1.70. The van der Waals surface area contributed by atoms with Crippen LogP contribution in [0.5, 0.6) is 0 Å². The summed E-state index contributed by atoms with van der Waals surface area (Å²) in [6, 6.07) is -1.40. The average molecular weight is 368 g/mol. The number of rotatable bonds is 7. The van der Waals surface area contributed by atoms with Crippen LogP contribution in [0.1, 0.15) is 65.7 Å². The van der Waals surface area contributed by atoms with Gasteiger partial charge in [-0.2, -0.15) is 0 Å². The van der Waals surface area contributed by atoms with Crippen molar-refractivity contribution in [2.75, 3.05) is 0 Å². The van der Waals surface area contributed by atoms with Gasteiger partial charge >= 0.3 is 6.09 Å². The number of hydrogen-bond acceptors (Lipinski definition) is 6. The van der Waals surface area contributed by atoms with E-state index in [9.17, 15) is 24.8 Å². The summed E-state index contributed by atoms with van der Waals surface area (Å²) in [5, 5.41) is 21.9. The molecular formula is C18H28N2O6. The Morgan fingerprint density at radius 1 is 1.46 bits per heavy atom. The lowest BCUT2D eigenvalue weighted by Crippen LogP contribution is -2.61. The van der Waals surface area contributed by atoms with Gasteiger partial charge in [0.15, 0.2) is 0 Å². The highest BCUT2D eigenvalue weighted by Crippen LogP contribution is 2.65. The first kappa shape index (κ1) is 19.1. The number of fused-ring (bicyclic) bond motifs is 1. The van der Waals surface area contributed by atoms with Gasteiger partial charge in [-0.15, -0.1) is 0 Å². The van der Waals surface area contributed by atoms with Gasteiger partial charge in [-0.05, 0) is 37.0 Å².